The van der Waals surface area contributed by atoms with Gasteiger partial charge in [-0.05, 0) is 37.4 Å². The number of carbonyl (C=O) groups is 1. The van der Waals surface area contributed by atoms with E-state index in [4.69, 9.17) is 9.36 Å². The molecule has 1 N–H and O–H groups in total. The highest BCUT2D eigenvalue weighted by Crippen LogP contribution is 2.33. The van der Waals surface area contributed by atoms with Crippen molar-refractivity contribution in [3.63, 3.8) is 0 Å². The number of benzene rings is 2. The van der Waals surface area contributed by atoms with Crippen LogP contribution in [0.4, 0.5) is 0 Å². The fourth-order valence-electron chi connectivity index (χ4n) is 3.64. The molecule has 1 aliphatic rings. The maximum absolute atomic E-state index is 13.4. The highest BCUT2D eigenvalue weighted by molar-refractivity contribution is 5.96. The number of likely N-dealkylation sites (N-methyl/N-ethyl adjacent to an activating group) is 1. The zero-order chi connectivity index (χ0) is 22.5. The summed E-state index contributed by atoms with van der Waals surface area (Å²) in [4.78, 5) is 26.7. The number of hydrogen-bond donors (Lipinski definition) is 1. The van der Waals surface area contributed by atoms with Crippen molar-refractivity contribution in [2.45, 2.75) is 18.9 Å². The molecule has 4 rings (SSSR count). The van der Waals surface area contributed by atoms with Gasteiger partial charge in [0.2, 0.25) is 5.89 Å². The van der Waals surface area contributed by atoms with Gasteiger partial charge in [-0.3, -0.25) is 15.1 Å². The molecule has 0 radical (unpaired) electrons. The first-order valence-electron chi connectivity index (χ1n) is 10.5. The predicted molar refractivity (Wildman–Crippen MR) is 120 cm³/mol. The van der Waals surface area contributed by atoms with Crippen LogP contribution in [0.15, 0.2) is 71.0 Å². The van der Waals surface area contributed by atoms with Crippen LogP contribution in [0.5, 0.6) is 0 Å². The molecule has 2 aromatic carbocycles. The number of nitrogens with one attached hydrogen (secondary N) is 1. The molecule has 0 spiro atoms. The van der Waals surface area contributed by atoms with Crippen LogP contribution >= 0.6 is 0 Å². The van der Waals surface area contributed by atoms with E-state index in [1.165, 1.54) is 7.11 Å². The van der Waals surface area contributed by atoms with Gasteiger partial charge in [0.05, 0.1) is 12.8 Å². The van der Waals surface area contributed by atoms with Crippen molar-refractivity contribution >= 4 is 5.91 Å². The molecule has 8 heteroatoms. The summed E-state index contributed by atoms with van der Waals surface area (Å²) in [5.74, 6) is 0.904. The minimum atomic E-state index is -0.370. The van der Waals surface area contributed by atoms with Gasteiger partial charge in [-0.15, -0.1) is 0 Å². The molecule has 32 heavy (non-hydrogen) atoms. The third kappa shape index (κ3) is 4.87. The zero-order valence-electron chi connectivity index (χ0n) is 18.5. The topological polar surface area (TPSA) is 83.7 Å². The van der Waals surface area contributed by atoms with Crippen LogP contribution in [0.2, 0.25) is 0 Å². The lowest BCUT2D eigenvalue weighted by molar-refractivity contribution is 0.0777. The van der Waals surface area contributed by atoms with Gasteiger partial charge in [-0.25, -0.2) is 0 Å². The highest BCUT2D eigenvalue weighted by atomic mass is 16.6. The Morgan fingerprint density at radius 3 is 2.56 bits per heavy atom. The SMILES string of the molecule is CONC1=CN(C(=O)c2ccc(-c3ccccc3)cc2)C(c2noc(CCN(C)C)n2)C1. The predicted octanol–water partition coefficient (Wildman–Crippen LogP) is 3.42. The standard InChI is InChI=1S/C24H27N5O3/c1-28(2)14-13-22-25-23(27-32-22)21-15-20(26-31-3)16-29(21)24(30)19-11-9-18(10-12-19)17-7-5-4-6-8-17/h4-12,16,21,26H,13-15H2,1-3H3. The van der Waals surface area contributed by atoms with E-state index in [0.717, 1.165) is 23.4 Å². The number of nitrogens with zero attached hydrogens (tertiary/aromatic N) is 4. The monoisotopic (exact) mass is 433 g/mol. The Bertz CT molecular complexity index is 1080. The van der Waals surface area contributed by atoms with Crippen LogP contribution in [0.25, 0.3) is 11.1 Å². The molecule has 3 aromatic rings. The second kappa shape index (κ2) is 9.76. The molecule has 0 fully saturated rings. The van der Waals surface area contributed by atoms with E-state index in [9.17, 15) is 4.79 Å². The Balaban J connectivity index is 1.55. The molecule has 166 valence electrons. The summed E-state index contributed by atoms with van der Waals surface area (Å²) in [6, 6.07) is 17.3. The van der Waals surface area contributed by atoms with Crippen LogP contribution < -0.4 is 5.48 Å². The fourth-order valence-corrected chi connectivity index (χ4v) is 3.64. The van der Waals surface area contributed by atoms with E-state index < -0.39 is 0 Å². The van der Waals surface area contributed by atoms with Crippen molar-refractivity contribution in [3.05, 3.63) is 83.8 Å². The largest absolute Gasteiger partial charge is 0.339 e. The third-order valence-corrected chi connectivity index (χ3v) is 5.31. The zero-order valence-corrected chi connectivity index (χ0v) is 18.5. The average molecular weight is 434 g/mol. The first kappa shape index (κ1) is 21.7. The molecule has 8 nitrogen and oxygen atoms in total. The molecule has 1 aliphatic heterocycles. The van der Waals surface area contributed by atoms with Crippen LogP contribution in [0.3, 0.4) is 0 Å². The molecule has 1 atom stereocenters. The molecule has 0 aliphatic carbocycles. The quantitative estimate of drug-likeness (QED) is 0.545. The van der Waals surface area contributed by atoms with Crippen molar-refractivity contribution in [1.82, 2.24) is 25.4 Å². The molecular weight excluding hydrogens is 406 g/mol. The number of amides is 1. The molecule has 1 amide bonds. The van der Waals surface area contributed by atoms with Gasteiger partial charge in [-0.1, -0.05) is 47.6 Å². The van der Waals surface area contributed by atoms with Gasteiger partial charge >= 0.3 is 0 Å². The Labute approximate surface area is 187 Å². The summed E-state index contributed by atoms with van der Waals surface area (Å²) >= 11 is 0. The lowest BCUT2D eigenvalue weighted by Gasteiger charge is -2.21. The first-order valence-corrected chi connectivity index (χ1v) is 10.5. The minimum Gasteiger partial charge on any atom is -0.339 e. The van der Waals surface area contributed by atoms with Crippen LogP contribution in [-0.2, 0) is 11.3 Å². The summed E-state index contributed by atoms with van der Waals surface area (Å²) in [6.45, 7) is 0.803. The van der Waals surface area contributed by atoms with Crippen molar-refractivity contribution in [2.24, 2.45) is 0 Å². The summed E-state index contributed by atoms with van der Waals surface area (Å²) in [7, 11) is 5.52. The lowest BCUT2D eigenvalue weighted by atomic mass is 10.0. The molecule has 0 saturated carbocycles. The number of hydrogen-bond acceptors (Lipinski definition) is 7. The van der Waals surface area contributed by atoms with Crippen LogP contribution in [-0.4, -0.2) is 53.6 Å². The minimum absolute atomic E-state index is 0.137. The second-order valence-corrected chi connectivity index (χ2v) is 7.94. The Morgan fingerprint density at radius 1 is 1.16 bits per heavy atom. The molecule has 0 saturated heterocycles. The van der Waals surface area contributed by atoms with E-state index in [-0.39, 0.29) is 11.9 Å². The van der Waals surface area contributed by atoms with Crippen molar-refractivity contribution in [1.29, 1.82) is 0 Å². The van der Waals surface area contributed by atoms with Crippen molar-refractivity contribution in [3.8, 4) is 11.1 Å². The summed E-state index contributed by atoms with van der Waals surface area (Å²) in [5, 5.41) is 4.15. The Hall–Kier alpha value is -3.49. The number of rotatable bonds is 8. The molecule has 0 bridgehead atoms. The van der Waals surface area contributed by atoms with Crippen LogP contribution in [0, 0.1) is 0 Å². The molecule has 1 unspecified atom stereocenters. The Morgan fingerprint density at radius 2 is 1.88 bits per heavy atom. The van der Waals surface area contributed by atoms with E-state index >= 15 is 0 Å². The summed E-state index contributed by atoms with van der Waals surface area (Å²) in [6.07, 6.45) is 2.91. The summed E-state index contributed by atoms with van der Waals surface area (Å²) < 4.78 is 5.42. The van der Waals surface area contributed by atoms with E-state index in [1.54, 1.807) is 11.1 Å². The van der Waals surface area contributed by atoms with Gasteiger partial charge in [0.15, 0.2) is 5.82 Å². The van der Waals surface area contributed by atoms with Gasteiger partial charge < -0.3 is 14.3 Å². The Kier molecular flexibility index (Phi) is 6.63. The number of aromatic nitrogens is 2. The average Bonchev–Trinajstić information content (AvgIpc) is 3.45. The maximum Gasteiger partial charge on any atom is 0.258 e. The van der Waals surface area contributed by atoms with Crippen molar-refractivity contribution < 1.29 is 14.2 Å². The molecule has 2 heterocycles. The molecular formula is C24H27N5O3. The van der Waals surface area contributed by atoms with E-state index in [2.05, 4.69) is 20.5 Å². The molecule has 1 aromatic heterocycles. The highest BCUT2D eigenvalue weighted by Gasteiger charge is 2.34. The first-order chi connectivity index (χ1) is 15.5. The van der Waals surface area contributed by atoms with E-state index in [1.807, 2.05) is 68.7 Å². The van der Waals surface area contributed by atoms with Gasteiger partial charge in [0, 0.05) is 31.1 Å². The van der Waals surface area contributed by atoms with Crippen LogP contribution in [0.1, 0.15) is 34.5 Å². The number of carbonyl (C=O) groups excluding carboxylic acids is 1. The normalized spacial score (nSPS) is 15.8. The smallest absolute Gasteiger partial charge is 0.258 e. The van der Waals surface area contributed by atoms with E-state index in [0.29, 0.717) is 30.1 Å². The van der Waals surface area contributed by atoms with Gasteiger partial charge in [0.1, 0.15) is 6.04 Å². The third-order valence-electron chi connectivity index (χ3n) is 5.31. The van der Waals surface area contributed by atoms with Gasteiger partial charge in [-0.2, -0.15) is 4.98 Å². The second-order valence-electron chi connectivity index (χ2n) is 7.94. The van der Waals surface area contributed by atoms with Gasteiger partial charge in [0.25, 0.3) is 5.91 Å². The maximum atomic E-state index is 13.4. The van der Waals surface area contributed by atoms with Crippen molar-refractivity contribution in [2.75, 3.05) is 27.7 Å². The number of hydroxylamine groups is 1. The fraction of sp³-hybridized carbons (Fsp3) is 0.292. The lowest BCUT2D eigenvalue weighted by Crippen LogP contribution is -2.28. The summed E-state index contributed by atoms with van der Waals surface area (Å²) in [5.41, 5.74) is 6.35.